The van der Waals surface area contributed by atoms with Gasteiger partial charge in [0.05, 0.1) is 13.2 Å². The van der Waals surface area contributed by atoms with Crippen molar-refractivity contribution in [3.63, 3.8) is 0 Å². The number of benzene rings is 1. The molecule has 1 unspecified atom stereocenters. The quantitative estimate of drug-likeness (QED) is 0.646. The molecular formula is C18H30N4O2. The van der Waals surface area contributed by atoms with Gasteiger partial charge in [-0.3, -0.25) is 9.69 Å². The molecule has 24 heavy (non-hydrogen) atoms. The number of piperazine rings is 1. The minimum absolute atomic E-state index is 0.0431. The molecule has 1 aliphatic rings. The zero-order valence-corrected chi connectivity index (χ0v) is 14.8. The SMILES string of the molecule is COCCNCC(=O)NC(C)CN1CCN(c2ccccc2)CC1. The molecule has 0 aliphatic carbocycles. The molecule has 1 aromatic rings. The monoisotopic (exact) mass is 334 g/mol. The summed E-state index contributed by atoms with van der Waals surface area (Å²) < 4.78 is 4.94. The van der Waals surface area contributed by atoms with E-state index in [-0.39, 0.29) is 11.9 Å². The lowest BCUT2D eigenvalue weighted by Gasteiger charge is -2.37. The van der Waals surface area contributed by atoms with Gasteiger partial charge in [0.25, 0.3) is 0 Å². The van der Waals surface area contributed by atoms with Gasteiger partial charge in [-0.15, -0.1) is 0 Å². The van der Waals surface area contributed by atoms with Crippen LogP contribution in [-0.4, -0.2) is 76.4 Å². The molecule has 0 saturated carbocycles. The number of methoxy groups -OCH3 is 1. The zero-order chi connectivity index (χ0) is 17.2. The fourth-order valence-electron chi connectivity index (χ4n) is 2.96. The Bertz CT molecular complexity index is 475. The lowest BCUT2D eigenvalue weighted by atomic mass is 10.2. The van der Waals surface area contributed by atoms with E-state index < -0.39 is 0 Å². The first kappa shape index (κ1) is 18.7. The predicted octanol–water partition coefficient (Wildman–Crippen LogP) is 0.549. The fraction of sp³-hybridized carbons (Fsp3) is 0.611. The maximum absolute atomic E-state index is 11.9. The topological polar surface area (TPSA) is 56.8 Å². The van der Waals surface area contributed by atoms with Crippen LogP contribution in [0, 0.1) is 0 Å². The van der Waals surface area contributed by atoms with Crippen LogP contribution in [0.4, 0.5) is 5.69 Å². The van der Waals surface area contributed by atoms with E-state index in [0.29, 0.717) is 19.7 Å². The number of hydrogen-bond donors (Lipinski definition) is 2. The molecule has 134 valence electrons. The van der Waals surface area contributed by atoms with Gasteiger partial charge in [0.2, 0.25) is 5.91 Å². The van der Waals surface area contributed by atoms with Gasteiger partial charge in [0.1, 0.15) is 0 Å². The van der Waals surface area contributed by atoms with E-state index in [1.54, 1.807) is 7.11 Å². The molecule has 1 fully saturated rings. The lowest BCUT2D eigenvalue weighted by Crippen LogP contribution is -2.51. The average Bonchev–Trinajstić information content (AvgIpc) is 2.60. The second kappa shape index (κ2) is 10.3. The van der Waals surface area contributed by atoms with E-state index in [9.17, 15) is 4.79 Å². The van der Waals surface area contributed by atoms with Crippen LogP contribution in [0.3, 0.4) is 0 Å². The first-order chi connectivity index (χ1) is 11.7. The molecule has 0 aromatic heterocycles. The molecule has 1 heterocycles. The van der Waals surface area contributed by atoms with Crippen LogP contribution >= 0.6 is 0 Å². The number of para-hydroxylation sites is 1. The van der Waals surface area contributed by atoms with Crippen LogP contribution in [-0.2, 0) is 9.53 Å². The number of rotatable bonds is 9. The highest BCUT2D eigenvalue weighted by Gasteiger charge is 2.19. The number of nitrogens with one attached hydrogen (secondary N) is 2. The lowest BCUT2D eigenvalue weighted by molar-refractivity contribution is -0.121. The predicted molar refractivity (Wildman–Crippen MR) is 97.4 cm³/mol. The van der Waals surface area contributed by atoms with Gasteiger partial charge in [-0.25, -0.2) is 0 Å². The van der Waals surface area contributed by atoms with Crippen molar-refractivity contribution in [2.75, 3.05) is 64.4 Å². The Morgan fingerprint density at radius 3 is 2.58 bits per heavy atom. The molecule has 1 aromatic carbocycles. The Hall–Kier alpha value is -1.63. The minimum Gasteiger partial charge on any atom is -0.383 e. The van der Waals surface area contributed by atoms with Crippen LogP contribution < -0.4 is 15.5 Å². The molecule has 2 rings (SSSR count). The van der Waals surface area contributed by atoms with Crippen molar-refractivity contribution in [3.05, 3.63) is 30.3 Å². The molecule has 1 aliphatic heterocycles. The van der Waals surface area contributed by atoms with Gasteiger partial charge in [-0.1, -0.05) is 18.2 Å². The smallest absolute Gasteiger partial charge is 0.234 e. The first-order valence-electron chi connectivity index (χ1n) is 8.70. The Morgan fingerprint density at radius 1 is 1.21 bits per heavy atom. The third-order valence-corrected chi connectivity index (χ3v) is 4.20. The van der Waals surface area contributed by atoms with Gasteiger partial charge in [0.15, 0.2) is 0 Å². The van der Waals surface area contributed by atoms with Gasteiger partial charge in [-0.2, -0.15) is 0 Å². The number of ether oxygens (including phenoxy) is 1. The number of hydrogen-bond acceptors (Lipinski definition) is 5. The van der Waals surface area contributed by atoms with Crippen molar-refractivity contribution in [3.8, 4) is 0 Å². The van der Waals surface area contributed by atoms with E-state index >= 15 is 0 Å². The maximum Gasteiger partial charge on any atom is 0.234 e. The molecule has 1 saturated heterocycles. The summed E-state index contributed by atoms with van der Waals surface area (Å²) >= 11 is 0. The molecule has 6 nitrogen and oxygen atoms in total. The molecule has 2 N–H and O–H groups in total. The second-order valence-electron chi connectivity index (χ2n) is 6.26. The summed E-state index contributed by atoms with van der Waals surface area (Å²) in [6.45, 7) is 8.74. The molecular weight excluding hydrogens is 304 g/mol. The molecule has 1 amide bonds. The minimum atomic E-state index is 0.0431. The summed E-state index contributed by atoms with van der Waals surface area (Å²) in [5.41, 5.74) is 1.29. The van der Waals surface area contributed by atoms with E-state index in [4.69, 9.17) is 4.74 Å². The van der Waals surface area contributed by atoms with Crippen LogP contribution in [0.5, 0.6) is 0 Å². The van der Waals surface area contributed by atoms with Crippen molar-refractivity contribution >= 4 is 11.6 Å². The largest absolute Gasteiger partial charge is 0.383 e. The summed E-state index contributed by atoms with van der Waals surface area (Å²) in [6, 6.07) is 10.7. The number of anilines is 1. The van der Waals surface area contributed by atoms with Crippen LogP contribution in [0.15, 0.2) is 30.3 Å². The number of carbonyl (C=O) groups excluding carboxylic acids is 1. The average molecular weight is 334 g/mol. The highest BCUT2D eigenvalue weighted by molar-refractivity contribution is 5.78. The van der Waals surface area contributed by atoms with Crippen molar-refractivity contribution < 1.29 is 9.53 Å². The third kappa shape index (κ3) is 6.47. The van der Waals surface area contributed by atoms with Crippen LogP contribution in [0.2, 0.25) is 0 Å². The van der Waals surface area contributed by atoms with Crippen LogP contribution in [0.25, 0.3) is 0 Å². The number of nitrogens with zero attached hydrogens (tertiary/aromatic N) is 2. The fourth-order valence-corrected chi connectivity index (χ4v) is 2.96. The van der Waals surface area contributed by atoms with Gasteiger partial charge in [0, 0.05) is 58.1 Å². The third-order valence-electron chi connectivity index (χ3n) is 4.20. The standard InChI is InChI=1S/C18H30N4O2/c1-16(20-18(23)14-19-8-13-24-2)15-21-9-11-22(12-10-21)17-6-4-3-5-7-17/h3-7,16,19H,8-15H2,1-2H3,(H,20,23). The Kier molecular flexibility index (Phi) is 8.01. The zero-order valence-electron chi connectivity index (χ0n) is 14.8. The van der Waals surface area contributed by atoms with Gasteiger partial charge in [-0.05, 0) is 19.1 Å². The summed E-state index contributed by atoms with van der Waals surface area (Å²) in [4.78, 5) is 16.7. The second-order valence-corrected chi connectivity index (χ2v) is 6.26. The molecule has 0 radical (unpaired) electrons. The van der Waals surface area contributed by atoms with Crippen molar-refractivity contribution in [2.45, 2.75) is 13.0 Å². The van der Waals surface area contributed by atoms with Crippen LogP contribution in [0.1, 0.15) is 6.92 Å². The van der Waals surface area contributed by atoms with E-state index in [1.807, 2.05) is 6.07 Å². The highest BCUT2D eigenvalue weighted by Crippen LogP contribution is 2.15. The van der Waals surface area contributed by atoms with E-state index in [2.05, 4.69) is 51.6 Å². The summed E-state index contributed by atoms with van der Waals surface area (Å²) in [5.74, 6) is 0.0431. The molecule has 0 bridgehead atoms. The summed E-state index contributed by atoms with van der Waals surface area (Å²) in [5, 5.41) is 6.11. The first-order valence-corrected chi connectivity index (χ1v) is 8.70. The number of amides is 1. The number of carbonyl (C=O) groups is 1. The maximum atomic E-state index is 11.9. The van der Waals surface area contributed by atoms with E-state index in [1.165, 1.54) is 5.69 Å². The van der Waals surface area contributed by atoms with Gasteiger partial charge >= 0.3 is 0 Å². The Labute approximate surface area is 145 Å². The molecule has 0 spiro atoms. The van der Waals surface area contributed by atoms with Crippen molar-refractivity contribution in [1.29, 1.82) is 0 Å². The van der Waals surface area contributed by atoms with E-state index in [0.717, 1.165) is 32.7 Å². The molecule has 1 atom stereocenters. The Balaban J connectivity index is 1.63. The summed E-state index contributed by atoms with van der Waals surface area (Å²) in [7, 11) is 1.65. The normalized spacial score (nSPS) is 16.8. The summed E-state index contributed by atoms with van der Waals surface area (Å²) in [6.07, 6.45) is 0. The van der Waals surface area contributed by atoms with Crippen molar-refractivity contribution in [2.24, 2.45) is 0 Å². The molecule has 6 heteroatoms. The van der Waals surface area contributed by atoms with Crippen molar-refractivity contribution in [1.82, 2.24) is 15.5 Å². The van der Waals surface area contributed by atoms with Gasteiger partial charge < -0.3 is 20.3 Å². The highest BCUT2D eigenvalue weighted by atomic mass is 16.5. The Morgan fingerprint density at radius 2 is 1.92 bits per heavy atom.